The van der Waals surface area contributed by atoms with Gasteiger partial charge in [-0.15, -0.1) is 0 Å². The van der Waals surface area contributed by atoms with Crippen molar-refractivity contribution in [2.45, 2.75) is 45.2 Å². The van der Waals surface area contributed by atoms with Crippen LogP contribution in [0, 0.1) is 0 Å². The van der Waals surface area contributed by atoms with E-state index in [2.05, 4.69) is 5.32 Å². The van der Waals surface area contributed by atoms with Crippen molar-refractivity contribution in [3.63, 3.8) is 0 Å². The monoisotopic (exact) mass is 496 g/mol. The van der Waals surface area contributed by atoms with Crippen LogP contribution in [0.4, 0.5) is 0 Å². The summed E-state index contributed by atoms with van der Waals surface area (Å²) in [7, 11) is 0. The number of aryl methyl sites for hydroxylation is 1. The largest absolute Gasteiger partial charge is 0.354 e. The predicted molar refractivity (Wildman–Crippen MR) is 139 cm³/mol. The highest BCUT2D eigenvalue weighted by Crippen LogP contribution is 2.27. The van der Waals surface area contributed by atoms with Gasteiger partial charge >= 0.3 is 0 Å². The van der Waals surface area contributed by atoms with Crippen molar-refractivity contribution >= 4 is 35.0 Å². The number of hydrogen-bond acceptors (Lipinski definition) is 2. The second kappa shape index (κ2) is 13.2. The van der Waals surface area contributed by atoms with E-state index in [0.29, 0.717) is 35.0 Å². The fraction of sp³-hybridized carbons (Fsp3) is 0.286. The molecule has 3 aromatic rings. The lowest BCUT2D eigenvalue weighted by Gasteiger charge is -2.32. The smallest absolute Gasteiger partial charge is 0.243 e. The van der Waals surface area contributed by atoms with Crippen molar-refractivity contribution in [3.8, 4) is 0 Å². The summed E-state index contributed by atoms with van der Waals surface area (Å²) >= 11 is 12.9. The van der Waals surface area contributed by atoms with Crippen LogP contribution in [0.15, 0.2) is 78.9 Å². The molecule has 2 amide bonds. The Hall–Kier alpha value is -2.82. The summed E-state index contributed by atoms with van der Waals surface area (Å²) in [6.45, 7) is 2.70. The highest BCUT2D eigenvalue weighted by Gasteiger charge is 2.31. The molecule has 0 aromatic heterocycles. The molecule has 0 unspecified atom stereocenters. The Labute approximate surface area is 211 Å². The summed E-state index contributed by atoms with van der Waals surface area (Å²) in [5, 5.41) is 3.92. The summed E-state index contributed by atoms with van der Waals surface area (Å²) in [6, 6.07) is 24.2. The summed E-state index contributed by atoms with van der Waals surface area (Å²) < 4.78 is 0. The van der Waals surface area contributed by atoms with Crippen LogP contribution in [-0.2, 0) is 29.0 Å². The molecular formula is C28H30Cl2N2O2. The molecule has 0 aliphatic carbocycles. The van der Waals surface area contributed by atoms with Gasteiger partial charge < -0.3 is 10.2 Å². The fourth-order valence-electron chi connectivity index (χ4n) is 3.81. The maximum absolute atomic E-state index is 13.6. The van der Waals surface area contributed by atoms with E-state index in [9.17, 15) is 9.59 Å². The summed E-state index contributed by atoms with van der Waals surface area (Å²) in [5.41, 5.74) is 2.69. The molecule has 3 rings (SSSR count). The van der Waals surface area contributed by atoms with E-state index >= 15 is 0 Å². The molecule has 0 heterocycles. The lowest BCUT2D eigenvalue weighted by atomic mass is 10.0. The summed E-state index contributed by atoms with van der Waals surface area (Å²) in [5.74, 6) is -0.297. The Balaban J connectivity index is 1.93. The number of hydrogen-bond donors (Lipinski definition) is 1. The minimum absolute atomic E-state index is 0.118. The van der Waals surface area contributed by atoms with Gasteiger partial charge in [-0.25, -0.2) is 0 Å². The van der Waals surface area contributed by atoms with Crippen molar-refractivity contribution in [1.82, 2.24) is 10.2 Å². The topological polar surface area (TPSA) is 49.4 Å². The van der Waals surface area contributed by atoms with Gasteiger partial charge in [-0.3, -0.25) is 9.59 Å². The second-order valence-electron chi connectivity index (χ2n) is 8.20. The first-order valence-electron chi connectivity index (χ1n) is 11.6. The van der Waals surface area contributed by atoms with Crippen molar-refractivity contribution in [1.29, 1.82) is 0 Å². The van der Waals surface area contributed by atoms with Crippen molar-refractivity contribution in [2.75, 3.05) is 6.54 Å². The maximum Gasteiger partial charge on any atom is 0.243 e. The van der Waals surface area contributed by atoms with Gasteiger partial charge in [0.25, 0.3) is 0 Å². The molecule has 0 fully saturated rings. The fourth-order valence-corrected chi connectivity index (χ4v) is 4.33. The van der Waals surface area contributed by atoms with Crippen molar-refractivity contribution in [3.05, 3.63) is 106 Å². The van der Waals surface area contributed by atoms with Gasteiger partial charge in [0, 0.05) is 41.5 Å². The van der Waals surface area contributed by atoms with E-state index in [4.69, 9.17) is 23.2 Å². The van der Waals surface area contributed by atoms with Crippen LogP contribution in [0.3, 0.4) is 0 Å². The number of carbonyl (C=O) groups is 2. The van der Waals surface area contributed by atoms with Gasteiger partial charge in [-0.2, -0.15) is 0 Å². The first-order chi connectivity index (χ1) is 16.5. The second-order valence-corrected chi connectivity index (χ2v) is 9.02. The Morgan fingerprint density at radius 3 is 2.03 bits per heavy atom. The zero-order valence-electron chi connectivity index (χ0n) is 19.3. The Morgan fingerprint density at radius 1 is 0.853 bits per heavy atom. The number of carbonyl (C=O) groups excluding carboxylic acids is 2. The van der Waals surface area contributed by atoms with Crippen LogP contribution in [0.2, 0.25) is 10.0 Å². The third-order valence-corrected chi connectivity index (χ3v) is 6.39. The van der Waals surface area contributed by atoms with Crippen LogP contribution < -0.4 is 5.32 Å². The van der Waals surface area contributed by atoms with E-state index in [1.807, 2.05) is 67.6 Å². The minimum atomic E-state index is -0.690. The van der Waals surface area contributed by atoms with Gasteiger partial charge in [0.15, 0.2) is 0 Å². The molecule has 34 heavy (non-hydrogen) atoms. The lowest BCUT2D eigenvalue weighted by molar-refractivity contribution is -0.141. The van der Waals surface area contributed by atoms with Crippen molar-refractivity contribution < 1.29 is 9.59 Å². The Morgan fingerprint density at radius 2 is 1.44 bits per heavy atom. The van der Waals surface area contributed by atoms with Gasteiger partial charge in [0.2, 0.25) is 11.8 Å². The van der Waals surface area contributed by atoms with E-state index in [1.165, 1.54) is 0 Å². The summed E-state index contributed by atoms with van der Waals surface area (Å²) in [6.07, 6.45) is 2.07. The van der Waals surface area contributed by atoms with Crippen molar-refractivity contribution in [2.24, 2.45) is 0 Å². The molecule has 0 saturated heterocycles. The molecule has 178 valence electrons. The Bertz CT molecular complexity index is 1050. The number of halogens is 2. The number of benzene rings is 3. The molecule has 0 aliphatic heterocycles. The average Bonchev–Trinajstić information content (AvgIpc) is 2.86. The van der Waals surface area contributed by atoms with Gasteiger partial charge in [0.05, 0.1) is 0 Å². The third kappa shape index (κ3) is 7.34. The third-order valence-electron chi connectivity index (χ3n) is 5.68. The molecule has 0 spiro atoms. The molecule has 0 bridgehead atoms. The lowest BCUT2D eigenvalue weighted by Crippen LogP contribution is -2.50. The first kappa shape index (κ1) is 25.8. The van der Waals surface area contributed by atoms with Gasteiger partial charge in [-0.05, 0) is 36.1 Å². The zero-order chi connectivity index (χ0) is 24.3. The maximum atomic E-state index is 13.6. The molecule has 1 N–H and O–H groups in total. The van der Waals surface area contributed by atoms with E-state index in [1.54, 1.807) is 23.1 Å². The van der Waals surface area contributed by atoms with Crippen LogP contribution in [0.1, 0.15) is 36.5 Å². The molecule has 4 nitrogen and oxygen atoms in total. The molecule has 0 radical (unpaired) electrons. The SMILES string of the molecule is CCCNC(=O)[C@H](Cc1ccccc1)N(Cc1c(Cl)cccc1Cl)C(=O)CCc1ccccc1. The van der Waals surface area contributed by atoms with E-state index < -0.39 is 6.04 Å². The van der Waals surface area contributed by atoms with Crippen LogP contribution in [0.25, 0.3) is 0 Å². The predicted octanol–water partition coefficient (Wildman–Crippen LogP) is 6.09. The molecule has 0 aliphatic rings. The summed E-state index contributed by atoms with van der Waals surface area (Å²) in [4.78, 5) is 28.6. The first-order valence-corrected chi connectivity index (χ1v) is 12.3. The molecular weight excluding hydrogens is 467 g/mol. The van der Waals surface area contributed by atoms with Gasteiger partial charge in [-0.1, -0.05) is 96.9 Å². The van der Waals surface area contributed by atoms with E-state index in [0.717, 1.165) is 17.5 Å². The standard InChI is InChI=1S/C28H30Cl2N2O2/c1-2-18-31-28(34)26(19-22-12-7-4-8-13-22)32(20-23-24(29)14-9-15-25(23)30)27(33)17-16-21-10-5-3-6-11-21/h3-15,26H,2,16-20H2,1H3,(H,31,34)/t26-/m0/s1. The number of amides is 2. The normalized spacial score (nSPS) is 11.6. The molecule has 0 saturated carbocycles. The number of nitrogens with one attached hydrogen (secondary N) is 1. The molecule has 1 atom stereocenters. The highest BCUT2D eigenvalue weighted by atomic mass is 35.5. The zero-order valence-corrected chi connectivity index (χ0v) is 20.9. The number of nitrogens with zero attached hydrogens (tertiary/aromatic N) is 1. The molecule has 6 heteroatoms. The Kier molecular flexibility index (Phi) is 9.99. The number of rotatable bonds is 11. The van der Waals surface area contributed by atoms with Crippen LogP contribution >= 0.6 is 23.2 Å². The van der Waals surface area contributed by atoms with Gasteiger partial charge in [0.1, 0.15) is 6.04 Å². The quantitative estimate of drug-likeness (QED) is 0.349. The van der Waals surface area contributed by atoms with Crippen LogP contribution in [0.5, 0.6) is 0 Å². The minimum Gasteiger partial charge on any atom is -0.354 e. The highest BCUT2D eigenvalue weighted by molar-refractivity contribution is 6.36. The van der Waals surface area contributed by atoms with E-state index in [-0.39, 0.29) is 24.8 Å². The van der Waals surface area contributed by atoms with Crippen LogP contribution in [-0.4, -0.2) is 29.3 Å². The molecule has 3 aromatic carbocycles. The average molecular weight is 497 g/mol.